The SMILES string of the molecule is [N-]=[N+]=NC1=C(S(=O)(=O)O)C(=O)c2c(N=[N+]=[N-])cccc2C1=O. The Morgan fingerprint density at radius 1 is 1.05 bits per heavy atom. The Kier molecular flexibility index (Phi) is 3.68. The number of hydrogen-bond donors (Lipinski definition) is 1. The molecule has 0 saturated heterocycles. The third kappa shape index (κ3) is 2.30. The maximum absolute atomic E-state index is 12.3. The summed E-state index contributed by atoms with van der Waals surface area (Å²) in [5.74, 6) is -2.39. The molecule has 0 radical (unpaired) electrons. The van der Waals surface area contributed by atoms with Gasteiger partial charge in [0.25, 0.3) is 10.1 Å². The van der Waals surface area contributed by atoms with E-state index >= 15 is 0 Å². The summed E-state index contributed by atoms with van der Waals surface area (Å²) in [6.45, 7) is 0. The fourth-order valence-corrected chi connectivity index (χ4v) is 2.64. The molecule has 1 aromatic carbocycles. The van der Waals surface area contributed by atoms with Crippen LogP contribution in [0.4, 0.5) is 5.69 Å². The fraction of sp³-hybridized carbons (Fsp3) is 0. The van der Waals surface area contributed by atoms with Crippen molar-refractivity contribution in [3.8, 4) is 0 Å². The standard InChI is InChI=1S/C10H4N6O5S/c11-15-13-5-3-1-2-4-6(5)9(18)10(22(19,20)21)7(8(4)17)14-16-12/h1-3H,(H,19,20,21). The van der Waals surface area contributed by atoms with Crippen molar-refractivity contribution < 1.29 is 22.6 Å². The number of fused-ring (bicyclic) bond motifs is 1. The maximum Gasteiger partial charge on any atom is 0.299 e. The second kappa shape index (κ2) is 5.31. The van der Waals surface area contributed by atoms with Gasteiger partial charge in [-0.25, -0.2) is 0 Å². The van der Waals surface area contributed by atoms with Crippen LogP contribution in [-0.2, 0) is 10.1 Å². The minimum absolute atomic E-state index is 0.292. The smallest absolute Gasteiger partial charge is 0.289 e. The second-order valence-corrected chi connectivity index (χ2v) is 5.25. The molecule has 0 bridgehead atoms. The molecule has 1 aromatic rings. The van der Waals surface area contributed by atoms with E-state index in [0.717, 1.165) is 0 Å². The van der Waals surface area contributed by atoms with Gasteiger partial charge in [-0.2, -0.15) is 8.42 Å². The first-order valence-electron chi connectivity index (χ1n) is 5.37. The van der Waals surface area contributed by atoms with Gasteiger partial charge in [0.05, 0.1) is 0 Å². The number of benzene rings is 1. The van der Waals surface area contributed by atoms with Crippen LogP contribution in [0.3, 0.4) is 0 Å². The molecule has 1 N–H and O–H groups in total. The van der Waals surface area contributed by atoms with E-state index in [1.165, 1.54) is 18.2 Å². The van der Waals surface area contributed by atoms with Crippen molar-refractivity contribution in [3.63, 3.8) is 0 Å². The van der Waals surface area contributed by atoms with Crippen LogP contribution in [0, 0.1) is 0 Å². The summed E-state index contributed by atoms with van der Waals surface area (Å²) in [5.41, 5.74) is 14.7. The van der Waals surface area contributed by atoms with E-state index in [0.29, 0.717) is 0 Å². The van der Waals surface area contributed by atoms with Crippen LogP contribution in [0.15, 0.2) is 39.0 Å². The number of carbonyl (C=O) groups is 2. The number of rotatable bonds is 3. The lowest BCUT2D eigenvalue weighted by atomic mass is 9.91. The number of Topliss-reactive ketones (excluding diaryl/α,β-unsaturated/α-hetero) is 2. The van der Waals surface area contributed by atoms with Gasteiger partial charge in [0.1, 0.15) is 5.70 Å². The van der Waals surface area contributed by atoms with Gasteiger partial charge < -0.3 is 0 Å². The molecule has 110 valence electrons. The van der Waals surface area contributed by atoms with E-state index in [2.05, 4.69) is 20.1 Å². The van der Waals surface area contributed by atoms with Crippen LogP contribution in [0.25, 0.3) is 20.9 Å². The molecule has 22 heavy (non-hydrogen) atoms. The number of allylic oxidation sites excluding steroid dienone is 2. The molecule has 0 heterocycles. The predicted octanol–water partition coefficient (Wildman–Crippen LogP) is 2.42. The number of nitrogens with zero attached hydrogens (tertiary/aromatic N) is 6. The Labute approximate surface area is 121 Å². The third-order valence-corrected chi connectivity index (χ3v) is 3.60. The average molecular weight is 320 g/mol. The van der Waals surface area contributed by atoms with E-state index in [4.69, 9.17) is 15.6 Å². The molecule has 0 aromatic heterocycles. The molecule has 0 spiro atoms. The molecule has 0 aliphatic heterocycles. The lowest BCUT2D eigenvalue weighted by Gasteiger charge is -2.17. The van der Waals surface area contributed by atoms with E-state index in [9.17, 15) is 18.0 Å². The Hall–Kier alpha value is -3.17. The van der Waals surface area contributed by atoms with Crippen LogP contribution < -0.4 is 0 Å². The Bertz CT molecular complexity index is 950. The monoisotopic (exact) mass is 320 g/mol. The van der Waals surface area contributed by atoms with Crippen LogP contribution in [0.5, 0.6) is 0 Å². The molecule has 0 saturated carbocycles. The van der Waals surface area contributed by atoms with Crippen molar-refractivity contribution in [1.82, 2.24) is 0 Å². The maximum atomic E-state index is 12.3. The zero-order valence-corrected chi connectivity index (χ0v) is 11.2. The normalized spacial score (nSPS) is 14.0. The van der Waals surface area contributed by atoms with Gasteiger partial charge in [0.15, 0.2) is 10.7 Å². The topological polar surface area (TPSA) is 186 Å². The zero-order valence-electron chi connectivity index (χ0n) is 10.4. The van der Waals surface area contributed by atoms with Gasteiger partial charge in [0.2, 0.25) is 5.78 Å². The van der Waals surface area contributed by atoms with Crippen molar-refractivity contribution in [1.29, 1.82) is 0 Å². The third-order valence-electron chi connectivity index (χ3n) is 2.71. The Morgan fingerprint density at radius 2 is 1.68 bits per heavy atom. The second-order valence-electron chi connectivity index (χ2n) is 3.89. The molecular formula is C10H4N6O5S. The predicted molar refractivity (Wildman–Crippen MR) is 71.6 cm³/mol. The van der Waals surface area contributed by atoms with Crippen LogP contribution >= 0.6 is 0 Å². The van der Waals surface area contributed by atoms with Crippen molar-refractivity contribution >= 4 is 27.4 Å². The van der Waals surface area contributed by atoms with Crippen LogP contribution in [0.2, 0.25) is 0 Å². The van der Waals surface area contributed by atoms with Gasteiger partial charge in [-0.05, 0) is 11.1 Å². The molecule has 0 fully saturated rings. The summed E-state index contributed by atoms with van der Waals surface area (Å²) in [6.07, 6.45) is 0. The largest absolute Gasteiger partial charge is 0.299 e. The first-order chi connectivity index (χ1) is 10.3. The van der Waals surface area contributed by atoms with Gasteiger partial charge in [-0.3, -0.25) is 14.1 Å². The number of ketones is 2. The molecule has 11 nitrogen and oxygen atoms in total. The van der Waals surface area contributed by atoms with Gasteiger partial charge in [-0.15, -0.1) is 0 Å². The van der Waals surface area contributed by atoms with Crippen molar-refractivity contribution in [2.24, 2.45) is 10.2 Å². The first-order valence-corrected chi connectivity index (χ1v) is 6.81. The van der Waals surface area contributed by atoms with Crippen LogP contribution in [-0.4, -0.2) is 24.5 Å². The van der Waals surface area contributed by atoms with Crippen LogP contribution in [0.1, 0.15) is 20.7 Å². The molecule has 1 aliphatic carbocycles. The van der Waals surface area contributed by atoms with E-state index in [1.54, 1.807) is 0 Å². The van der Waals surface area contributed by atoms with E-state index < -0.39 is 37.9 Å². The zero-order chi connectivity index (χ0) is 16.5. The highest BCUT2D eigenvalue weighted by molar-refractivity contribution is 7.91. The highest BCUT2D eigenvalue weighted by Crippen LogP contribution is 2.35. The molecule has 12 heteroatoms. The lowest BCUT2D eigenvalue weighted by molar-refractivity contribution is 0.0979. The van der Waals surface area contributed by atoms with Crippen molar-refractivity contribution in [3.05, 3.63) is 60.8 Å². The summed E-state index contributed by atoms with van der Waals surface area (Å²) in [7, 11) is -5.14. The quantitative estimate of drug-likeness (QED) is 0.386. The van der Waals surface area contributed by atoms with E-state index in [-0.39, 0.29) is 11.3 Å². The van der Waals surface area contributed by atoms with Gasteiger partial charge in [-0.1, -0.05) is 28.4 Å². The highest BCUT2D eigenvalue weighted by atomic mass is 32.2. The van der Waals surface area contributed by atoms with E-state index in [1.807, 2.05) is 0 Å². The summed E-state index contributed by atoms with van der Waals surface area (Å²) >= 11 is 0. The van der Waals surface area contributed by atoms with Crippen molar-refractivity contribution in [2.75, 3.05) is 0 Å². The average Bonchev–Trinajstić information content (AvgIpc) is 2.43. The number of hydrogen-bond acceptors (Lipinski definition) is 6. The Morgan fingerprint density at radius 3 is 2.23 bits per heavy atom. The molecule has 0 unspecified atom stereocenters. The van der Waals surface area contributed by atoms with Gasteiger partial charge in [0, 0.05) is 26.6 Å². The minimum Gasteiger partial charge on any atom is -0.289 e. The summed E-state index contributed by atoms with van der Waals surface area (Å²) < 4.78 is 31.8. The fourth-order valence-electron chi connectivity index (χ4n) is 1.93. The van der Waals surface area contributed by atoms with Crippen molar-refractivity contribution in [2.45, 2.75) is 0 Å². The first kappa shape index (κ1) is 15.2. The molecular weight excluding hydrogens is 316 g/mol. The van der Waals surface area contributed by atoms with Gasteiger partial charge >= 0.3 is 0 Å². The lowest BCUT2D eigenvalue weighted by Crippen LogP contribution is -2.25. The number of carbonyl (C=O) groups excluding carboxylic acids is 2. The summed E-state index contributed by atoms with van der Waals surface area (Å²) in [6, 6.07) is 3.64. The minimum atomic E-state index is -5.14. The summed E-state index contributed by atoms with van der Waals surface area (Å²) in [5, 5.41) is 6.08. The molecule has 1 aliphatic rings. The molecule has 0 atom stereocenters. The summed E-state index contributed by atoms with van der Waals surface area (Å²) in [4.78, 5) is 27.8. The highest BCUT2D eigenvalue weighted by Gasteiger charge is 2.39. The molecule has 0 amide bonds. The Balaban J connectivity index is 2.95. The molecule has 2 rings (SSSR count). The number of azide groups is 2.